The van der Waals surface area contributed by atoms with E-state index in [4.69, 9.17) is 9.47 Å². The van der Waals surface area contributed by atoms with Gasteiger partial charge >= 0.3 is 0 Å². The number of hydrogen-bond acceptors (Lipinski definition) is 6. The Morgan fingerprint density at radius 3 is 2.03 bits per heavy atom. The second kappa shape index (κ2) is 11.3. The number of pyridine rings is 1. The highest BCUT2D eigenvalue weighted by Gasteiger charge is 2.17. The molecule has 7 nitrogen and oxygen atoms in total. The van der Waals surface area contributed by atoms with Gasteiger partial charge in [0.2, 0.25) is 12.3 Å². The van der Waals surface area contributed by atoms with E-state index in [1.165, 1.54) is 11.8 Å². The minimum absolute atomic E-state index is 0. The van der Waals surface area contributed by atoms with Gasteiger partial charge in [-0.05, 0) is 48.5 Å². The van der Waals surface area contributed by atoms with Gasteiger partial charge < -0.3 is 31.0 Å². The van der Waals surface area contributed by atoms with Crippen LogP contribution >= 0.6 is 11.8 Å². The molecule has 0 aliphatic carbocycles. The molecule has 4 rings (SSSR count). The number of aryl methyl sites for hydroxylation is 1. The minimum Gasteiger partial charge on any atom is -1.00 e. The van der Waals surface area contributed by atoms with E-state index in [0.717, 1.165) is 16.2 Å². The molecule has 2 aromatic carbocycles. The zero-order valence-electron chi connectivity index (χ0n) is 19.0. The molecule has 176 valence electrons. The summed E-state index contributed by atoms with van der Waals surface area (Å²) in [6.45, 7) is 0.206. The maximum atomic E-state index is 12.6. The summed E-state index contributed by atoms with van der Waals surface area (Å²) in [7, 11) is 5.11. The lowest BCUT2D eigenvalue weighted by atomic mass is 10.1. The molecule has 0 spiro atoms. The molecule has 0 aliphatic heterocycles. The largest absolute Gasteiger partial charge is 1.00 e. The van der Waals surface area contributed by atoms with Gasteiger partial charge in [0.25, 0.3) is 0 Å². The summed E-state index contributed by atoms with van der Waals surface area (Å²) >= 11 is 1.39. The summed E-state index contributed by atoms with van der Waals surface area (Å²) < 4.78 is 14.1. The summed E-state index contributed by atoms with van der Waals surface area (Å²) in [5.74, 6) is 1.73. The lowest BCUT2D eigenvalue weighted by molar-refractivity contribution is -0.681. The van der Waals surface area contributed by atoms with Gasteiger partial charge in [-0.2, -0.15) is 4.57 Å². The van der Waals surface area contributed by atoms with Crippen LogP contribution in [0.1, 0.15) is 20.7 Å². The van der Waals surface area contributed by atoms with Gasteiger partial charge in [-0.3, -0.25) is 9.59 Å². The Kier molecular flexibility index (Phi) is 8.46. The number of rotatable bonds is 9. The Hall–Kier alpha value is -3.17. The molecule has 0 fully saturated rings. The molecule has 4 aromatic rings. The number of Topliss-reactive ketones (excluding diaryl/α,β-unsaturated/α-hetero) is 2. The van der Waals surface area contributed by atoms with E-state index in [9.17, 15) is 9.59 Å². The Morgan fingerprint density at radius 1 is 0.912 bits per heavy atom. The molecular formula is C25H24BrN3O4S. The van der Waals surface area contributed by atoms with Crippen LogP contribution in [-0.4, -0.2) is 41.1 Å². The summed E-state index contributed by atoms with van der Waals surface area (Å²) in [5.41, 5.74) is 2.96. The second-order valence-corrected chi connectivity index (χ2v) is 8.38. The average Bonchev–Trinajstić information content (AvgIpc) is 3.17. The first-order chi connectivity index (χ1) is 16.0. The van der Waals surface area contributed by atoms with Gasteiger partial charge in [0, 0.05) is 24.2 Å². The number of ketones is 2. The fourth-order valence-electron chi connectivity index (χ4n) is 3.42. The molecule has 0 bridgehead atoms. The molecule has 0 amide bonds. The Labute approximate surface area is 212 Å². The Bertz CT molecular complexity index is 1300. The summed E-state index contributed by atoms with van der Waals surface area (Å²) in [6.07, 6.45) is 3.72. The molecule has 2 heterocycles. The first kappa shape index (κ1) is 25.5. The van der Waals surface area contributed by atoms with E-state index in [0.29, 0.717) is 22.6 Å². The van der Waals surface area contributed by atoms with Gasteiger partial charge in [0.1, 0.15) is 11.5 Å². The van der Waals surface area contributed by atoms with Crippen LogP contribution in [0, 0.1) is 0 Å². The van der Waals surface area contributed by atoms with Crippen LogP contribution in [0.25, 0.3) is 11.0 Å². The number of nitrogens with zero attached hydrogens (tertiary/aromatic N) is 3. The van der Waals surface area contributed by atoms with Crippen LogP contribution in [0.4, 0.5) is 0 Å². The van der Waals surface area contributed by atoms with Crippen LogP contribution in [0.3, 0.4) is 0 Å². The lowest BCUT2D eigenvalue weighted by Gasteiger charge is -2.04. The highest BCUT2D eigenvalue weighted by Crippen LogP contribution is 2.23. The van der Waals surface area contributed by atoms with Crippen LogP contribution in [0.2, 0.25) is 0 Å². The normalized spacial score (nSPS) is 10.6. The number of ether oxygens (including phenoxy) is 2. The van der Waals surface area contributed by atoms with E-state index >= 15 is 0 Å². The second-order valence-electron chi connectivity index (χ2n) is 7.43. The maximum Gasteiger partial charge on any atom is 0.227 e. The van der Waals surface area contributed by atoms with Gasteiger partial charge in [-0.15, -0.1) is 0 Å². The number of fused-ring (bicyclic) bond motifs is 1. The third kappa shape index (κ3) is 5.66. The molecule has 0 radical (unpaired) electrons. The number of thioether (sulfide) groups is 1. The highest BCUT2D eigenvalue weighted by atomic mass is 79.9. The summed E-state index contributed by atoms with van der Waals surface area (Å²) in [5, 5.41) is 0.742. The van der Waals surface area contributed by atoms with Crippen LogP contribution < -0.4 is 31.0 Å². The van der Waals surface area contributed by atoms with Crippen molar-refractivity contribution >= 4 is 34.4 Å². The molecule has 0 saturated carbocycles. The van der Waals surface area contributed by atoms with Crippen molar-refractivity contribution in [2.24, 2.45) is 7.05 Å². The average molecular weight is 542 g/mol. The number of aromatic nitrogens is 3. The fraction of sp³-hybridized carbons (Fsp3) is 0.200. The molecule has 34 heavy (non-hydrogen) atoms. The number of halogens is 1. The van der Waals surface area contributed by atoms with E-state index in [2.05, 4.69) is 4.98 Å². The number of hydrogen-bond donors (Lipinski definition) is 0. The smallest absolute Gasteiger partial charge is 0.227 e. The monoisotopic (exact) mass is 541 g/mol. The zero-order valence-corrected chi connectivity index (χ0v) is 21.4. The van der Waals surface area contributed by atoms with Crippen LogP contribution in [-0.2, 0) is 13.6 Å². The quantitative estimate of drug-likeness (QED) is 0.177. The van der Waals surface area contributed by atoms with Crippen molar-refractivity contribution in [2.75, 3.05) is 20.0 Å². The standard InChI is InChI=1S/C25H24N3O4S.BrH/c1-27-22-12-13-28(15-23(29)17-4-8-19(31-2)9-5-17)14-21(22)26-25(27)33-16-24(30)18-6-10-20(32-3)11-7-18;/h4-14H,15-16H2,1-3H3;1H/q+1;/p-1. The van der Waals surface area contributed by atoms with E-state index in [-0.39, 0.29) is 40.8 Å². The summed E-state index contributed by atoms with van der Waals surface area (Å²) in [4.78, 5) is 29.9. The number of methoxy groups -OCH3 is 2. The molecule has 0 saturated heterocycles. The Morgan fingerprint density at radius 2 is 1.47 bits per heavy atom. The van der Waals surface area contributed by atoms with Crippen molar-refractivity contribution in [3.63, 3.8) is 0 Å². The molecule has 9 heteroatoms. The molecule has 2 aromatic heterocycles. The van der Waals surface area contributed by atoms with E-state index in [1.807, 2.05) is 34.6 Å². The third-order valence-corrected chi connectivity index (χ3v) is 6.35. The Balaban J connectivity index is 0.00000324. The predicted octanol–water partition coefficient (Wildman–Crippen LogP) is 0.740. The molecule has 0 atom stereocenters. The molecular weight excluding hydrogens is 518 g/mol. The zero-order chi connectivity index (χ0) is 23.4. The van der Waals surface area contributed by atoms with Crippen molar-refractivity contribution in [2.45, 2.75) is 11.7 Å². The molecule has 0 N–H and O–H groups in total. The van der Waals surface area contributed by atoms with Crippen molar-refractivity contribution < 1.29 is 40.6 Å². The van der Waals surface area contributed by atoms with E-state index in [1.54, 1.807) is 62.8 Å². The SMILES string of the molecule is COc1ccc(C(=O)CSc2nc3c[n+](CC(=O)c4ccc(OC)cc4)ccc3n2C)cc1.[Br-]. The molecule has 0 aliphatic rings. The first-order valence-corrected chi connectivity index (χ1v) is 11.3. The van der Waals surface area contributed by atoms with Crippen molar-refractivity contribution in [1.82, 2.24) is 9.55 Å². The predicted molar refractivity (Wildman–Crippen MR) is 126 cm³/mol. The van der Waals surface area contributed by atoms with Gasteiger partial charge in [0.15, 0.2) is 28.9 Å². The van der Waals surface area contributed by atoms with Crippen LogP contribution in [0.5, 0.6) is 11.5 Å². The van der Waals surface area contributed by atoms with Crippen molar-refractivity contribution in [1.29, 1.82) is 0 Å². The van der Waals surface area contributed by atoms with Gasteiger partial charge in [-0.1, -0.05) is 11.8 Å². The van der Waals surface area contributed by atoms with Crippen molar-refractivity contribution in [3.8, 4) is 11.5 Å². The minimum atomic E-state index is -0.00220. The number of carbonyl (C=O) groups excluding carboxylic acids is 2. The number of carbonyl (C=O) groups is 2. The fourth-order valence-corrected chi connectivity index (χ4v) is 4.30. The highest BCUT2D eigenvalue weighted by molar-refractivity contribution is 7.99. The third-order valence-electron chi connectivity index (χ3n) is 5.32. The number of benzene rings is 2. The lowest BCUT2D eigenvalue weighted by Crippen LogP contribution is -3.00. The van der Waals surface area contributed by atoms with Crippen LogP contribution in [0.15, 0.2) is 72.1 Å². The molecule has 0 unspecified atom stereocenters. The first-order valence-electron chi connectivity index (χ1n) is 10.3. The topological polar surface area (TPSA) is 74.3 Å². The van der Waals surface area contributed by atoms with Crippen molar-refractivity contribution in [3.05, 3.63) is 78.1 Å². The summed E-state index contributed by atoms with van der Waals surface area (Å²) in [6, 6.07) is 16.1. The van der Waals surface area contributed by atoms with E-state index < -0.39 is 0 Å². The number of imidazole rings is 1. The maximum absolute atomic E-state index is 12.6. The van der Waals surface area contributed by atoms with Gasteiger partial charge in [-0.25, -0.2) is 4.98 Å². The van der Waals surface area contributed by atoms with Gasteiger partial charge in [0.05, 0.1) is 25.5 Å².